The number of nitrogens with one attached hydrogen (secondary N) is 3. The van der Waals surface area contributed by atoms with Crippen LogP contribution in [0.1, 0.15) is 29.6 Å². The maximum absolute atomic E-state index is 12.7. The highest BCUT2D eigenvalue weighted by Gasteiger charge is 2.27. The molecule has 1 atom stereocenters. The number of hydrogen-bond donors (Lipinski definition) is 3. The maximum Gasteiger partial charge on any atom is 0.256 e. The van der Waals surface area contributed by atoms with Gasteiger partial charge in [-0.1, -0.05) is 6.08 Å². The molecular formula is C29H31N9O3. The summed E-state index contributed by atoms with van der Waals surface area (Å²) in [6.45, 7) is 2.06. The fourth-order valence-electron chi connectivity index (χ4n) is 4.83. The Morgan fingerprint density at radius 2 is 1.98 bits per heavy atom. The Morgan fingerprint density at radius 3 is 2.76 bits per heavy atom. The van der Waals surface area contributed by atoms with Crippen molar-refractivity contribution < 1.29 is 14.3 Å². The molecule has 2 aliphatic rings. The van der Waals surface area contributed by atoms with Crippen molar-refractivity contribution in [3.8, 4) is 11.5 Å². The lowest BCUT2D eigenvalue weighted by atomic mass is 10.2. The normalized spacial score (nSPS) is 16.9. The maximum atomic E-state index is 12.7. The van der Waals surface area contributed by atoms with E-state index in [1.165, 1.54) is 19.2 Å². The highest BCUT2D eigenvalue weighted by molar-refractivity contribution is 6.03. The molecule has 2 amide bonds. The molecule has 6 rings (SSSR count). The van der Waals surface area contributed by atoms with E-state index in [0.29, 0.717) is 58.9 Å². The van der Waals surface area contributed by atoms with Gasteiger partial charge in [-0.25, -0.2) is 15.0 Å². The second-order valence-electron chi connectivity index (χ2n) is 10.3. The number of benzene rings is 1. The van der Waals surface area contributed by atoms with Crippen LogP contribution in [0, 0.1) is 0 Å². The quantitative estimate of drug-likeness (QED) is 0.252. The first-order valence-electron chi connectivity index (χ1n) is 13.6. The van der Waals surface area contributed by atoms with Crippen molar-refractivity contribution >= 4 is 34.5 Å². The lowest BCUT2D eigenvalue weighted by Gasteiger charge is -2.16. The van der Waals surface area contributed by atoms with E-state index in [2.05, 4.69) is 47.7 Å². The Kier molecular flexibility index (Phi) is 7.54. The number of ether oxygens (including phenoxy) is 1. The minimum atomic E-state index is -0.284. The molecule has 0 bridgehead atoms. The SMILES string of the molecule is CN(C/C=C/C(=O)N1CC[C@@H](Nc2n[nH]c3nccc(Oc4ccc(C(=O)Nc5ccncn5)cc4)c23)C1)C1CC1. The van der Waals surface area contributed by atoms with Gasteiger partial charge in [-0.2, -0.15) is 5.10 Å². The van der Waals surface area contributed by atoms with Gasteiger partial charge >= 0.3 is 0 Å². The van der Waals surface area contributed by atoms with E-state index in [1.54, 1.807) is 54.9 Å². The zero-order chi connectivity index (χ0) is 28.2. The number of aromatic nitrogens is 5. The van der Waals surface area contributed by atoms with Gasteiger partial charge in [-0.15, -0.1) is 0 Å². The monoisotopic (exact) mass is 553 g/mol. The zero-order valence-corrected chi connectivity index (χ0v) is 22.7. The van der Waals surface area contributed by atoms with Gasteiger partial charge < -0.3 is 20.3 Å². The van der Waals surface area contributed by atoms with Gasteiger partial charge in [0.2, 0.25) is 5.91 Å². The Balaban J connectivity index is 1.09. The summed E-state index contributed by atoms with van der Waals surface area (Å²) in [7, 11) is 2.10. The standard InChI is InChI=1S/C29H31N9O3/c1-37(21-6-7-21)15-2-3-25(39)38-16-12-20(17-38)33-28-26-23(10-14-31-27(26)35-36-28)41-22-8-4-19(5-9-22)29(40)34-24-11-13-30-18-32-24/h2-5,8-11,13-14,18,20-21H,6-7,12,15-17H2,1H3,(H,30,32,34,40)(H2,31,33,35,36)/b3-2+/t20-/m1/s1. The first-order chi connectivity index (χ1) is 20.0. The number of likely N-dealkylation sites (tertiary alicyclic amines) is 1. The van der Waals surface area contributed by atoms with E-state index in [4.69, 9.17) is 4.74 Å². The second kappa shape index (κ2) is 11.7. The van der Waals surface area contributed by atoms with Crippen LogP contribution < -0.4 is 15.4 Å². The Morgan fingerprint density at radius 1 is 1.12 bits per heavy atom. The van der Waals surface area contributed by atoms with Gasteiger partial charge in [0, 0.05) is 61.8 Å². The van der Waals surface area contributed by atoms with Crippen LogP contribution in [0.5, 0.6) is 11.5 Å². The number of nitrogens with zero attached hydrogens (tertiary/aromatic N) is 6. The van der Waals surface area contributed by atoms with Crippen molar-refractivity contribution in [2.75, 3.05) is 37.3 Å². The molecule has 1 aromatic carbocycles. The molecular weight excluding hydrogens is 522 g/mol. The average Bonchev–Trinajstić information content (AvgIpc) is 3.61. The number of pyridine rings is 1. The van der Waals surface area contributed by atoms with Crippen molar-refractivity contribution in [3.63, 3.8) is 0 Å². The summed E-state index contributed by atoms with van der Waals surface area (Å²) in [6, 6.07) is 10.9. The van der Waals surface area contributed by atoms with Crippen LogP contribution in [-0.2, 0) is 4.79 Å². The second-order valence-corrected chi connectivity index (χ2v) is 10.3. The highest BCUT2D eigenvalue weighted by atomic mass is 16.5. The number of rotatable bonds is 10. The minimum Gasteiger partial charge on any atom is -0.456 e. The van der Waals surface area contributed by atoms with Gasteiger partial charge in [0.15, 0.2) is 11.5 Å². The Labute approximate surface area is 236 Å². The number of aromatic amines is 1. The predicted octanol–water partition coefficient (Wildman–Crippen LogP) is 3.46. The number of anilines is 2. The van der Waals surface area contributed by atoms with Gasteiger partial charge in [0.1, 0.15) is 29.0 Å². The van der Waals surface area contributed by atoms with Crippen LogP contribution in [0.15, 0.2) is 67.3 Å². The number of carbonyl (C=O) groups excluding carboxylic acids is 2. The van der Waals surface area contributed by atoms with E-state index in [0.717, 1.165) is 13.0 Å². The molecule has 3 aromatic heterocycles. The summed E-state index contributed by atoms with van der Waals surface area (Å²) >= 11 is 0. The number of fused-ring (bicyclic) bond motifs is 1. The molecule has 0 spiro atoms. The van der Waals surface area contributed by atoms with Crippen LogP contribution in [0.3, 0.4) is 0 Å². The lowest BCUT2D eigenvalue weighted by molar-refractivity contribution is -0.125. The summed E-state index contributed by atoms with van der Waals surface area (Å²) in [5.41, 5.74) is 1.05. The van der Waals surface area contributed by atoms with Crippen molar-refractivity contribution in [1.29, 1.82) is 0 Å². The highest BCUT2D eigenvalue weighted by Crippen LogP contribution is 2.33. The third kappa shape index (κ3) is 6.33. The van der Waals surface area contributed by atoms with Crippen LogP contribution in [-0.4, -0.2) is 85.5 Å². The third-order valence-electron chi connectivity index (χ3n) is 7.26. The van der Waals surface area contributed by atoms with Crippen LogP contribution in [0.4, 0.5) is 11.6 Å². The van der Waals surface area contributed by atoms with Crippen LogP contribution in [0.2, 0.25) is 0 Å². The minimum absolute atomic E-state index is 0.0326. The van der Waals surface area contributed by atoms with Crippen molar-refractivity contribution in [2.45, 2.75) is 31.3 Å². The molecule has 1 aliphatic carbocycles. The van der Waals surface area contributed by atoms with Gasteiger partial charge in [0.05, 0.1) is 0 Å². The lowest BCUT2D eigenvalue weighted by Crippen LogP contribution is -2.30. The van der Waals surface area contributed by atoms with E-state index < -0.39 is 0 Å². The first kappa shape index (κ1) is 26.4. The molecule has 0 radical (unpaired) electrons. The Hall–Kier alpha value is -4.84. The molecule has 4 heterocycles. The summed E-state index contributed by atoms with van der Waals surface area (Å²) in [6.07, 6.45) is 11.5. The summed E-state index contributed by atoms with van der Waals surface area (Å²) < 4.78 is 6.18. The molecule has 12 nitrogen and oxygen atoms in total. The topological polar surface area (TPSA) is 141 Å². The smallest absolute Gasteiger partial charge is 0.256 e. The van der Waals surface area contributed by atoms with E-state index in [1.807, 2.05) is 11.0 Å². The fourth-order valence-corrected chi connectivity index (χ4v) is 4.83. The molecule has 4 aromatic rings. The average molecular weight is 554 g/mol. The van der Waals surface area contributed by atoms with Gasteiger partial charge in [-0.3, -0.25) is 19.6 Å². The van der Waals surface area contributed by atoms with E-state index in [9.17, 15) is 9.59 Å². The third-order valence-corrected chi connectivity index (χ3v) is 7.26. The first-order valence-corrected chi connectivity index (χ1v) is 13.6. The van der Waals surface area contributed by atoms with Crippen molar-refractivity contribution in [2.24, 2.45) is 0 Å². The number of hydrogen-bond acceptors (Lipinski definition) is 9. The zero-order valence-electron chi connectivity index (χ0n) is 22.7. The Bertz CT molecular complexity index is 1550. The van der Waals surface area contributed by atoms with Crippen LogP contribution in [0.25, 0.3) is 11.0 Å². The van der Waals surface area contributed by atoms with E-state index in [-0.39, 0.29) is 17.9 Å². The molecule has 2 fully saturated rings. The summed E-state index contributed by atoms with van der Waals surface area (Å²) in [5, 5.41) is 14.3. The molecule has 3 N–H and O–H groups in total. The number of amides is 2. The molecule has 1 saturated carbocycles. The molecule has 210 valence electrons. The molecule has 41 heavy (non-hydrogen) atoms. The van der Waals surface area contributed by atoms with Crippen molar-refractivity contribution in [1.82, 2.24) is 34.9 Å². The predicted molar refractivity (Wildman–Crippen MR) is 154 cm³/mol. The van der Waals surface area contributed by atoms with Crippen LogP contribution >= 0.6 is 0 Å². The largest absolute Gasteiger partial charge is 0.456 e. The fraction of sp³-hybridized carbons (Fsp3) is 0.310. The summed E-state index contributed by atoms with van der Waals surface area (Å²) in [4.78, 5) is 41.6. The van der Waals surface area contributed by atoms with Crippen molar-refractivity contribution in [3.05, 3.63) is 72.8 Å². The summed E-state index contributed by atoms with van der Waals surface area (Å²) in [5.74, 6) is 1.91. The molecule has 0 unspecified atom stereocenters. The number of likely N-dealkylation sites (N-methyl/N-ethyl adjacent to an activating group) is 1. The van der Waals surface area contributed by atoms with E-state index >= 15 is 0 Å². The van der Waals surface area contributed by atoms with Gasteiger partial charge in [0.25, 0.3) is 5.91 Å². The molecule has 1 saturated heterocycles. The number of H-pyrrole nitrogens is 1. The number of carbonyl (C=O) groups is 2. The molecule has 12 heteroatoms. The van der Waals surface area contributed by atoms with Gasteiger partial charge in [-0.05, 0) is 56.6 Å². The molecule has 1 aliphatic heterocycles.